The Labute approximate surface area is 187 Å². The van der Waals surface area contributed by atoms with Crippen LogP contribution >= 0.6 is 23.5 Å². The van der Waals surface area contributed by atoms with Crippen molar-refractivity contribution in [1.29, 1.82) is 0 Å². The Kier molecular flexibility index (Phi) is 8.35. The maximum absolute atomic E-state index is 12.5. The Balaban J connectivity index is 1.58. The summed E-state index contributed by atoms with van der Waals surface area (Å²) in [6.45, 7) is 0. The van der Waals surface area contributed by atoms with Gasteiger partial charge in [0.2, 0.25) is 0 Å². The molecule has 0 fully saturated rings. The molecular formula is C26H26O2S2. The number of hydrogen-bond donors (Lipinski definition) is 0. The van der Waals surface area contributed by atoms with Gasteiger partial charge in [-0.3, -0.25) is 9.59 Å². The zero-order valence-electron chi connectivity index (χ0n) is 17.4. The minimum absolute atomic E-state index is 0.186. The van der Waals surface area contributed by atoms with Crippen molar-refractivity contribution in [2.24, 2.45) is 0 Å². The van der Waals surface area contributed by atoms with E-state index >= 15 is 0 Å². The summed E-state index contributed by atoms with van der Waals surface area (Å²) in [6.07, 6.45) is 5.72. The van der Waals surface area contributed by atoms with Gasteiger partial charge in [-0.2, -0.15) is 0 Å². The van der Waals surface area contributed by atoms with Crippen molar-refractivity contribution in [3.05, 3.63) is 95.1 Å². The number of carbonyl (C=O) groups excluding carboxylic acids is 2. The van der Waals surface area contributed by atoms with Crippen LogP contribution in [0.25, 0.3) is 0 Å². The first-order valence-corrected chi connectivity index (χ1v) is 12.4. The molecule has 30 heavy (non-hydrogen) atoms. The number of Topliss-reactive ketones (excluding diaryl/α,β-unsaturated/α-hetero) is 2. The monoisotopic (exact) mass is 434 g/mol. The molecule has 0 aliphatic carbocycles. The third-order valence-corrected chi connectivity index (χ3v) is 6.32. The standard InChI is InChI=1S/C26H26O2S2/c1-29-25-10-4-8-21(17-25)15-23(27)13-19-6-3-7-20(12-19)14-24(28)16-22-9-5-11-26(18-22)30-2/h3-12,17-18H,13-16H2,1-2H3. The Hall–Kier alpha value is -2.30. The predicted molar refractivity (Wildman–Crippen MR) is 128 cm³/mol. The molecule has 2 nitrogen and oxygen atoms in total. The minimum Gasteiger partial charge on any atom is -0.299 e. The second-order valence-electron chi connectivity index (χ2n) is 7.31. The molecule has 0 heterocycles. The van der Waals surface area contributed by atoms with Crippen molar-refractivity contribution < 1.29 is 9.59 Å². The van der Waals surface area contributed by atoms with Gasteiger partial charge in [0.1, 0.15) is 11.6 Å². The third-order valence-electron chi connectivity index (χ3n) is 4.86. The average Bonchev–Trinajstić information content (AvgIpc) is 2.74. The lowest BCUT2D eigenvalue weighted by Crippen LogP contribution is -2.09. The molecule has 0 aliphatic rings. The van der Waals surface area contributed by atoms with Crippen molar-refractivity contribution in [3.63, 3.8) is 0 Å². The van der Waals surface area contributed by atoms with E-state index in [9.17, 15) is 9.59 Å². The number of benzene rings is 3. The van der Waals surface area contributed by atoms with Gasteiger partial charge < -0.3 is 0 Å². The van der Waals surface area contributed by atoms with Gasteiger partial charge in [0, 0.05) is 35.5 Å². The molecule has 3 aromatic carbocycles. The van der Waals surface area contributed by atoms with Gasteiger partial charge in [-0.25, -0.2) is 0 Å². The highest BCUT2D eigenvalue weighted by atomic mass is 32.2. The van der Waals surface area contributed by atoms with E-state index in [1.54, 1.807) is 23.5 Å². The van der Waals surface area contributed by atoms with Crippen LogP contribution in [0.2, 0.25) is 0 Å². The largest absolute Gasteiger partial charge is 0.299 e. The van der Waals surface area contributed by atoms with Crippen LogP contribution in [0.15, 0.2) is 82.6 Å². The Morgan fingerprint density at radius 3 is 1.27 bits per heavy atom. The van der Waals surface area contributed by atoms with Crippen LogP contribution in [0.1, 0.15) is 22.3 Å². The Morgan fingerprint density at radius 1 is 0.567 bits per heavy atom. The average molecular weight is 435 g/mol. The van der Waals surface area contributed by atoms with Crippen LogP contribution in [-0.4, -0.2) is 24.1 Å². The highest BCUT2D eigenvalue weighted by Crippen LogP contribution is 2.18. The molecule has 0 saturated carbocycles. The van der Waals surface area contributed by atoms with Crippen LogP contribution in [0.4, 0.5) is 0 Å². The van der Waals surface area contributed by atoms with Crippen molar-refractivity contribution >= 4 is 35.1 Å². The summed E-state index contributed by atoms with van der Waals surface area (Å²) in [7, 11) is 0. The van der Waals surface area contributed by atoms with E-state index in [0.29, 0.717) is 25.7 Å². The molecule has 0 radical (unpaired) electrons. The molecule has 0 aromatic heterocycles. The summed E-state index contributed by atoms with van der Waals surface area (Å²) in [4.78, 5) is 27.4. The number of thioether (sulfide) groups is 2. The van der Waals surface area contributed by atoms with E-state index < -0.39 is 0 Å². The fraction of sp³-hybridized carbons (Fsp3) is 0.231. The lowest BCUT2D eigenvalue weighted by Gasteiger charge is -2.07. The molecule has 0 amide bonds. The summed E-state index contributed by atoms with van der Waals surface area (Å²) < 4.78 is 0. The van der Waals surface area contributed by atoms with E-state index in [-0.39, 0.29) is 11.6 Å². The maximum atomic E-state index is 12.5. The van der Waals surface area contributed by atoms with Crippen LogP contribution in [-0.2, 0) is 35.3 Å². The molecule has 0 N–H and O–H groups in total. The molecule has 154 valence electrons. The van der Waals surface area contributed by atoms with E-state index in [4.69, 9.17) is 0 Å². The van der Waals surface area contributed by atoms with Gasteiger partial charge in [-0.15, -0.1) is 23.5 Å². The first-order chi connectivity index (χ1) is 14.6. The lowest BCUT2D eigenvalue weighted by molar-refractivity contribution is -0.118. The fourth-order valence-electron chi connectivity index (χ4n) is 3.45. The molecule has 0 saturated heterocycles. The van der Waals surface area contributed by atoms with Crippen molar-refractivity contribution in [1.82, 2.24) is 0 Å². The first kappa shape index (κ1) is 22.4. The van der Waals surface area contributed by atoms with Crippen LogP contribution in [0.5, 0.6) is 0 Å². The highest BCUT2D eigenvalue weighted by Gasteiger charge is 2.09. The van der Waals surface area contributed by atoms with Gasteiger partial charge in [0.15, 0.2) is 0 Å². The Morgan fingerprint density at radius 2 is 0.900 bits per heavy atom. The van der Waals surface area contributed by atoms with E-state index in [0.717, 1.165) is 22.3 Å². The fourth-order valence-corrected chi connectivity index (χ4v) is 4.42. The highest BCUT2D eigenvalue weighted by molar-refractivity contribution is 7.98. The molecule has 0 aliphatic heterocycles. The second-order valence-corrected chi connectivity index (χ2v) is 9.07. The normalized spacial score (nSPS) is 10.7. The molecule has 0 bridgehead atoms. The molecule has 0 spiro atoms. The summed E-state index contributed by atoms with van der Waals surface area (Å²) >= 11 is 3.36. The number of hydrogen-bond acceptors (Lipinski definition) is 4. The first-order valence-electron chi connectivity index (χ1n) is 9.93. The van der Waals surface area contributed by atoms with Crippen LogP contribution in [0, 0.1) is 0 Å². The molecule has 0 unspecified atom stereocenters. The molecule has 3 aromatic rings. The topological polar surface area (TPSA) is 34.1 Å². The quantitative estimate of drug-likeness (QED) is 0.376. The summed E-state index contributed by atoms with van der Waals surface area (Å²) in [5.41, 5.74) is 4.03. The van der Waals surface area contributed by atoms with E-state index in [1.165, 1.54) is 9.79 Å². The zero-order valence-corrected chi connectivity index (χ0v) is 19.0. The van der Waals surface area contributed by atoms with Gasteiger partial charge >= 0.3 is 0 Å². The summed E-state index contributed by atoms with van der Waals surface area (Å²) in [5, 5.41) is 0. The second kappa shape index (κ2) is 11.2. The van der Waals surface area contributed by atoms with Crippen molar-refractivity contribution in [2.45, 2.75) is 35.5 Å². The van der Waals surface area contributed by atoms with E-state index in [2.05, 4.69) is 24.3 Å². The Bertz CT molecular complexity index is 948. The number of carbonyl (C=O) groups is 2. The van der Waals surface area contributed by atoms with Gasteiger partial charge in [-0.05, 0) is 59.0 Å². The lowest BCUT2D eigenvalue weighted by atomic mass is 9.98. The zero-order chi connectivity index (χ0) is 21.3. The predicted octanol–water partition coefficient (Wildman–Crippen LogP) is 5.84. The van der Waals surface area contributed by atoms with Crippen LogP contribution < -0.4 is 0 Å². The van der Waals surface area contributed by atoms with Gasteiger partial charge in [0.25, 0.3) is 0 Å². The maximum Gasteiger partial charge on any atom is 0.141 e. The molecule has 0 atom stereocenters. The number of rotatable bonds is 10. The molecule has 3 rings (SSSR count). The van der Waals surface area contributed by atoms with E-state index in [1.807, 2.05) is 61.0 Å². The van der Waals surface area contributed by atoms with Crippen molar-refractivity contribution in [3.8, 4) is 0 Å². The van der Waals surface area contributed by atoms with Gasteiger partial charge in [0.05, 0.1) is 0 Å². The summed E-state index contributed by atoms with van der Waals surface area (Å²) in [6, 6.07) is 24.1. The smallest absolute Gasteiger partial charge is 0.141 e. The van der Waals surface area contributed by atoms with Gasteiger partial charge in [-0.1, -0.05) is 48.5 Å². The van der Waals surface area contributed by atoms with Crippen LogP contribution in [0.3, 0.4) is 0 Å². The SMILES string of the molecule is CSc1cccc(CC(=O)Cc2cccc(CC(=O)Cc3cccc(SC)c3)c2)c1. The third kappa shape index (κ3) is 6.89. The minimum atomic E-state index is 0.186. The molecule has 4 heteroatoms. The molecular weight excluding hydrogens is 408 g/mol. The number of ketones is 2. The summed E-state index contributed by atoms with van der Waals surface area (Å²) in [5.74, 6) is 0.372. The van der Waals surface area contributed by atoms with Crippen molar-refractivity contribution in [2.75, 3.05) is 12.5 Å².